The van der Waals surface area contributed by atoms with Gasteiger partial charge in [0, 0.05) is 54.5 Å². The molecule has 4 heterocycles. The number of rotatable bonds is 4. The summed E-state index contributed by atoms with van der Waals surface area (Å²) in [7, 11) is -3.13. The van der Waals surface area contributed by atoms with Gasteiger partial charge in [-0.2, -0.15) is 13.2 Å². The van der Waals surface area contributed by atoms with Crippen LogP contribution in [-0.4, -0.2) is 65.7 Å². The lowest BCUT2D eigenvalue weighted by Crippen LogP contribution is -2.52. The van der Waals surface area contributed by atoms with E-state index in [1.807, 2.05) is 17.4 Å². The zero-order chi connectivity index (χ0) is 25.3. The molecule has 0 aliphatic carbocycles. The molecule has 0 saturated carbocycles. The highest BCUT2D eigenvalue weighted by Gasteiger charge is 2.45. The number of carboxylic acids is 1. The van der Waals surface area contributed by atoms with Gasteiger partial charge in [-0.3, -0.25) is 4.90 Å². The number of carboxylic acid groups (broad SMARTS) is 1. The van der Waals surface area contributed by atoms with E-state index in [0.29, 0.717) is 19.0 Å². The molecule has 8 nitrogen and oxygen atoms in total. The zero-order valence-electron chi connectivity index (χ0n) is 19.1. The summed E-state index contributed by atoms with van der Waals surface area (Å²) in [5, 5.41) is 8.31. The van der Waals surface area contributed by atoms with Crippen LogP contribution >= 0.6 is 11.3 Å². The summed E-state index contributed by atoms with van der Waals surface area (Å²) in [5.41, 5.74) is 2.35. The average Bonchev–Trinajstić information content (AvgIpc) is 3.38. The van der Waals surface area contributed by atoms with Gasteiger partial charge in [0.2, 0.25) is 10.0 Å². The number of hydrogen-bond donors (Lipinski definition) is 1. The molecule has 1 spiro atoms. The van der Waals surface area contributed by atoms with Crippen molar-refractivity contribution < 1.29 is 35.9 Å². The molecule has 0 unspecified atom stereocenters. The number of alkyl halides is 3. The second-order valence-electron chi connectivity index (χ2n) is 9.00. The Labute approximate surface area is 200 Å². The molecule has 2 aliphatic rings. The maximum Gasteiger partial charge on any atom is 0.490 e. The van der Waals surface area contributed by atoms with Gasteiger partial charge in [0.15, 0.2) is 0 Å². The number of sulfonamides is 1. The number of thiazole rings is 1. The number of halogens is 3. The second kappa shape index (κ2) is 9.96. The Morgan fingerprint density at radius 3 is 2.41 bits per heavy atom. The summed E-state index contributed by atoms with van der Waals surface area (Å²) in [5.74, 6) is -2.34. The Morgan fingerprint density at radius 2 is 1.94 bits per heavy atom. The average molecular weight is 524 g/mol. The van der Waals surface area contributed by atoms with Crippen molar-refractivity contribution in [1.29, 1.82) is 0 Å². The van der Waals surface area contributed by atoms with E-state index in [4.69, 9.17) is 19.3 Å². The molecule has 2 aromatic heterocycles. The van der Waals surface area contributed by atoms with Crippen LogP contribution in [0.3, 0.4) is 0 Å². The van der Waals surface area contributed by atoms with Crippen LogP contribution in [-0.2, 0) is 33.3 Å². The highest BCUT2D eigenvalue weighted by molar-refractivity contribution is 7.88. The van der Waals surface area contributed by atoms with Crippen LogP contribution in [0.4, 0.5) is 13.2 Å². The first kappa shape index (κ1) is 26.6. The molecule has 0 atom stereocenters. The number of piperidine rings is 1. The van der Waals surface area contributed by atoms with Gasteiger partial charge in [0.05, 0.1) is 29.5 Å². The fourth-order valence-corrected chi connectivity index (χ4v) is 6.37. The van der Waals surface area contributed by atoms with Gasteiger partial charge in [-0.15, -0.1) is 11.3 Å². The summed E-state index contributed by atoms with van der Waals surface area (Å²) in [6.07, 6.45) is 1.41. The number of furan rings is 1. The first-order valence-electron chi connectivity index (χ1n) is 10.7. The van der Waals surface area contributed by atoms with E-state index in [0.717, 1.165) is 32.5 Å². The van der Waals surface area contributed by atoms with Crippen molar-refractivity contribution in [2.75, 3.05) is 25.9 Å². The summed E-state index contributed by atoms with van der Waals surface area (Å²) in [6, 6.07) is 2.01. The smallest absolute Gasteiger partial charge is 0.475 e. The zero-order valence-corrected chi connectivity index (χ0v) is 20.8. The van der Waals surface area contributed by atoms with Crippen molar-refractivity contribution in [3.05, 3.63) is 39.7 Å². The molecule has 0 aromatic carbocycles. The number of hydrogen-bond acceptors (Lipinski definition) is 7. The van der Waals surface area contributed by atoms with E-state index in [2.05, 4.69) is 18.7 Å². The molecule has 1 fully saturated rings. The molecular formula is C21H28F3N3O5S2. The molecule has 0 bridgehead atoms. The topological polar surface area (TPSA) is 104 Å². The molecule has 190 valence electrons. The molecule has 13 heteroatoms. The van der Waals surface area contributed by atoms with Crippen LogP contribution in [0.25, 0.3) is 0 Å². The van der Waals surface area contributed by atoms with Crippen LogP contribution in [0.2, 0.25) is 0 Å². The lowest BCUT2D eigenvalue weighted by molar-refractivity contribution is -0.192. The summed E-state index contributed by atoms with van der Waals surface area (Å²) >= 11 is 1.83. The van der Waals surface area contributed by atoms with Gasteiger partial charge in [0.25, 0.3) is 0 Å². The summed E-state index contributed by atoms with van der Waals surface area (Å²) < 4.78 is 62.5. The molecule has 0 amide bonds. The molecule has 4 rings (SSSR count). The lowest BCUT2D eigenvalue weighted by Gasteiger charge is -2.46. The van der Waals surface area contributed by atoms with Crippen molar-refractivity contribution in [2.45, 2.75) is 57.3 Å². The number of aromatic nitrogens is 1. The Morgan fingerprint density at radius 1 is 1.32 bits per heavy atom. The molecule has 1 N–H and O–H groups in total. The largest absolute Gasteiger partial charge is 0.490 e. The maximum atomic E-state index is 12.0. The molecular weight excluding hydrogens is 495 g/mol. The van der Waals surface area contributed by atoms with Gasteiger partial charge < -0.3 is 9.52 Å². The Kier molecular flexibility index (Phi) is 7.80. The highest BCUT2D eigenvalue weighted by atomic mass is 32.2. The van der Waals surface area contributed by atoms with E-state index in [-0.39, 0.29) is 5.41 Å². The third-order valence-electron chi connectivity index (χ3n) is 5.98. The van der Waals surface area contributed by atoms with Crippen LogP contribution < -0.4 is 0 Å². The lowest BCUT2D eigenvalue weighted by atomic mass is 9.73. The van der Waals surface area contributed by atoms with Gasteiger partial charge in [-0.1, -0.05) is 13.8 Å². The minimum Gasteiger partial charge on any atom is -0.475 e. The van der Waals surface area contributed by atoms with Crippen molar-refractivity contribution in [3.63, 3.8) is 0 Å². The van der Waals surface area contributed by atoms with E-state index in [9.17, 15) is 21.6 Å². The third-order valence-corrected chi connectivity index (χ3v) is 8.62. The number of nitrogens with zero attached hydrogens (tertiary/aromatic N) is 3. The molecule has 2 aromatic rings. The monoisotopic (exact) mass is 523 g/mol. The predicted octanol–water partition coefficient (Wildman–Crippen LogP) is 3.80. The van der Waals surface area contributed by atoms with Crippen molar-refractivity contribution in [1.82, 2.24) is 14.2 Å². The van der Waals surface area contributed by atoms with Crippen LogP contribution in [0.5, 0.6) is 0 Å². The van der Waals surface area contributed by atoms with Crippen molar-refractivity contribution in [3.8, 4) is 0 Å². The number of fused-ring (bicyclic) bond motifs is 2. The molecule has 34 heavy (non-hydrogen) atoms. The Bertz CT molecular complexity index is 1090. The van der Waals surface area contributed by atoms with E-state index >= 15 is 0 Å². The van der Waals surface area contributed by atoms with Crippen molar-refractivity contribution in [2.24, 2.45) is 0 Å². The number of carbonyl (C=O) groups is 1. The van der Waals surface area contributed by atoms with E-state index < -0.39 is 22.2 Å². The fraction of sp³-hybridized carbons (Fsp3) is 0.619. The van der Waals surface area contributed by atoms with Gasteiger partial charge in [0.1, 0.15) is 0 Å². The van der Waals surface area contributed by atoms with Crippen LogP contribution in [0.1, 0.15) is 53.7 Å². The summed E-state index contributed by atoms with van der Waals surface area (Å²) in [4.78, 5) is 17.8. The van der Waals surface area contributed by atoms with Crippen molar-refractivity contribution >= 4 is 27.3 Å². The Balaban J connectivity index is 0.000000406. The van der Waals surface area contributed by atoms with Gasteiger partial charge >= 0.3 is 12.1 Å². The second-order valence-corrected chi connectivity index (χ2v) is 12.1. The minimum atomic E-state index is -5.08. The SMILES string of the molecule is CC(C)c1nc2c(s1)CN(Cc1ccoc1)CC21CCN(S(C)(=O)=O)CC1.O=C(O)C(F)(F)F. The normalized spacial score (nSPS) is 19.0. The number of aliphatic carboxylic acids is 1. The van der Waals surface area contributed by atoms with Crippen LogP contribution in [0, 0.1) is 0 Å². The fourth-order valence-electron chi connectivity index (χ4n) is 4.29. The Hall–Kier alpha value is -1.96. The first-order chi connectivity index (χ1) is 15.7. The quantitative estimate of drug-likeness (QED) is 0.650. The molecule has 0 radical (unpaired) electrons. The minimum absolute atomic E-state index is 0.0534. The van der Waals surface area contributed by atoms with Gasteiger partial charge in [-0.25, -0.2) is 22.5 Å². The van der Waals surface area contributed by atoms with Gasteiger partial charge in [-0.05, 0) is 18.9 Å². The standard InChI is InChI=1S/C19H27N3O3S2.C2HF3O2/c1-14(2)18-20-17-16(26-18)11-21(10-15-4-9-25-12-15)13-19(17)5-7-22(8-6-19)27(3,23)24;3-2(4,5)1(6)7/h4,9,12,14H,5-8,10-11,13H2,1-3H3;(H,6,7). The third kappa shape index (κ3) is 6.18. The molecule has 1 saturated heterocycles. The maximum absolute atomic E-state index is 12.0. The predicted molar refractivity (Wildman–Crippen MR) is 120 cm³/mol. The van der Waals surface area contributed by atoms with Crippen LogP contribution in [0.15, 0.2) is 23.0 Å². The highest BCUT2D eigenvalue weighted by Crippen LogP contribution is 2.44. The first-order valence-corrected chi connectivity index (χ1v) is 13.4. The summed E-state index contributed by atoms with van der Waals surface area (Å²) in [6.45, 7) is 8.20. The molecule has 2 aliphatic heterocycles. The van der Waals surface area contributed by atoms with E-state index in [1.54, 1.807) is 16.8 Å². The van der Waals surface area contributed by atoms with E-state index in [1.165, 1.54) is 27.4 Å².